The fraction of sp³-hybridized carbons (Fsp3) is 0.500. The van der Waals surface area contributed by atoms with E-state index >= 15 is 0 Å². The van der Waals surface area contributed by atoms with Gasteiger partial charge in [0.1, 0.15) is 18.3 Å². The number of β-amino-alcohol motifs (C(OH)–C–C–N with tert-alkyl or cyclic N) is 1. The molecule has 7 heteroatoms. The predicted molar refractivity (Wildman–Crippen MR) is 75.8 cm³/mol. The van der Waals surface area contributed by atoms with Gasteiger partial charge in [-0.05, 0) is 17.7 Å². The summed E-state index contributed by atoms with van der Waals surface area (Å²) in [7, 11) is 0. The zero-order valence-corrected chi connectivity index (χ0v) is 12.0. The van der Waals surface area contributed by atoms with Crippen molar-refractivity contribution in [2.45, 2.75) is 30.8 Å². The van der Waals surface area contributed by atoms with E-state index < -0.39 is 31.0 Å². The molecule has 1 unspecified atom stereocenters. The van der Waals surface area contributed by atoms with E-state index in [0.29, 0.717) is 5.02 Å². The fourth-order valence-electron chi connectivity index (χ4n) is 2.46. The number of hydrogen-bond acceptors (Lipinski definition) is 5. The third-order valence-corrected chi connectivity index (χ3v) is 3.95. The first-order chi connectivity index (χ1) is 9.93. The molecule has 0 bridgehead atoms. The number of rotatable bonds is 3. The zero-order valence-electron chi connectivity index (χ0n) is 11.3. The zero-order chi connectivity index (χ0) is 15.6. The summed E-state index contributed by atoms with van der Waals surface area (Å²) >= 11 is 5.77. The molecule has 6 nitrogen and oxygen atoms in total. The maximum Gasteiger partial charge on any atom is 0.227 e. The van der Waals surface area contributed by atoms with Gasteiger partial charge in [-0.3, -0.25) is 4.79 Å². The van der Waals surface area contributed by atoms with E-state index in [9.17, 15) is 25.2 Å². The summed E-state index contributed by atoms with van der Waals surface area (Å²) in [6, 6.07) is 5.82. The third kappa shape index (κ3) is 3.53. The average Bonchev–Trinajstić information content (AvgIpc) is 2.46. The Kier molecular flexibility index (Phi) is 5.18. The van der Waals surface area contributed by atoms with Crippen LogP contribution < -0.4 is 0 Å². The van der Waals surface area contributed by atoms with Crippen LogP contribution in [-0.4, -0.2) is 68.7 Å². The topological polar surface area (TPSA) is 101 Å². The van der Waals surface area contributed by atoms with E-state index in [1.807, 2.05) is 0 Å². The highest BCUT2D eigenvalue weighted by Gasteiger charge is 2.42. The Labute approximate surface area is 127 Å². The Morgan fingerprint density at radius 2 is 1.81 bits per heavy atom. The number of halogens is 1. The first-order valence-electron chi connectivity index (χ1n) is 6.63. The maximum absolute atomic E-state index is 12.3. The summed E-state index contributed by atoms with van der Waals surface area (Å²) in [5, 5.41) is 39.0. The van der Waals surface area contributed by atoms with Crippen molar-refractivity contribution in [1.29, 1.82) is 0 Å². The number of likely N-dealkylation sites (tertiary alicyclic amines) is 1. The molecule has 1 heterocycles. The highest BCUT2D eigenvalue weighted by Crippen LogP contribution is 2.20. The first-order valence-corrected chi connectivity index (χ1v) is 7.00. The molecule has 0 radical (unpaired) electrons. The summed E-state index contributed by atoms with van der Waals surface area (Å²) in [6.45, 7) is -0.618. The van der Waals surface area contributed by atoms with Gasteiger partial charge in [-0.1, -0.05) is 23.7 Å². The number of hydrogen-bond donors (Lipinski definition) is 4. The van der Waals surface area contributed by atoms with Gasteiger partial charge in [0.05, 0.1) is 19.1 Å². The monoisotopic (exact) mass is 315 g/mol. The number of piperidine rings is 1. The van der Waals surface area contributed by atoms with Crippen LogP contribution in [0.2, 0.25) is 5.02 Å². The molecule has 4 N–H and O–H groups in total. The molecule has 4 atom stereocenters. The Balaban J connectivity index is 2.11. The van der Waals surface area contributed by atoms with Gasteiger partial charge in [-0.2, -0.15) is 0 Å². The molecule has 2 rings (SSSR count). The van der Waals surface area contributed by atoms with Crippen LogP contribution in [0.15, 0.2) is 24.3 Å². The lowest BCUT2D eigenvalue weighted by Gasteiger charge is -2.43. The normalized spacial score (nSPS) is 29.5. The van der Waals surface area contributed by atoms with E-state index in [1.54, 1.807) is 24.3 Å². The number of aliphatic hydroxyl groups excluding tert-OH is 4. The standard InChI is InChI=1S/C14H18ClNO5/c15-9-3-1-8(2-4-9)5-12(19)16-6-11(18)14(21)13(20)10(16)7-17/h1-4,10-11,13-14,17-18,20-21H,5-7H2/t10?,11-,13+,14+/m0/s1. The molecule has 0 saturated carbocycles. The van der Waals surface area contributed by atoms with E-state index in [-0.39, 0.29) is 18.9 Å². The minimum atomic E-state index is -1.38. The van der Waals surface area contributed by atoms with Crippen LogP contribution in [0.1, 0.15) is 5.56 Å². The van der Waals surface area contributed by atoms with Gasteiger partial charge in [0.2, 0.25) is 5.91 Å². The van der Waals surface area contributed by atoms with Crippen LogP contribution >= 0.6 is 11.6 Å². The van der Waals surface area contributed by atoms with Gasteiger partial charge in [0.25, 0.3) is 0 Å². The molecule has 1 aliphatic rings. The van der Waals surface area contributed by atoms with Crippen molar-refractivity contribution >= 4 is 17.5 Å². The molecule has 21 heavy (non-hydrogen) atoms. The van der Waals surface area contributed by atoms with Gasteiger partial charge < -0.3 is 25.3 Å². The van der Waals surface area contributed by atoms with Gasteiger partial charge in [-0.15, -0.1) is 0 Å². The van der Waals surface area contributed by atoms with E-state index in [1.165, 1.54) is 4.90 Å². The van der Waals surface area contributed by atoms with Gasteiger partial charge in [-0.25, -0.2) is 0 Å². The summed E-state index contributed by atoms with van der Waals surface area (Å²) in [4.78, 5) is 13.5. The van der Waals surface area contributed by atoms with Crippen LogP contribution in [0.4, 0.5) is 0 Å². The fourth-order valence-corrected chi connectivity index (χ4v) is 2.58. The van der Waals surface area contributed by atoms with E-state index in [4.69, 9.17) is 11.6 Å². The lowest BCUT2D eigenvalue weighted by Crippen LogP contribution is -2.64. The molecule has 0 aromatic heterocycles. The Bertz CT molecular complexity index is 495. The largest absolute Gasteiger partial charge is 0.394 e. The average molecular weight is 316 g/mol. The molecular formula is C14H18ClNO5. The number of carbonyl (C=O) groups is 1. The molecule has 1 aromatic carbocycles. The maximum atomic E-state index is 12.3. The van der Waals surface area contributed by atoms with Crippen molar-refractivity contribution in [2.24, 2.45) is 0 Å². The molecule has 1 saturated heterocycles. The second-order valence-electron chi connectivity index (χ2n) is 5.15. The number of carbonyl (C=O) groups excluding carboxylic acids is 1. The second kappa shape index (κ2) is 6.72. The molecule has 1 aromatic rings. The summed E-state index contributed by atoms with van der Waals surface area (Å²) in [6.07, 6.45) is -3.94. The molecule has 1 fully saturated rings. The van der Waals surface area contributed by atoms with Crippen molar-refractivity contribution < 1.29 is 25.2 Å². The van der Waals surface area contributed by atoms with E-state index in [0.717, 1.165) is 5.56 Å². The van der Waals surface area contributed by atoms with Crippen LogP contribution in [0, 0.1) is 0 Å². The second-order valence-corrected chi connectivity index (χ2v) is 5.58. The lowest BCUT2D eigenvalue weighted by molar-refractivity contribution is -0.165. The van der Waals surface area contributed by atoms with Crippen LogP contribution in [0.25, 0.3) is 0 Å². The molecule has 116 valence electrons. The minimum absolute atomic E-state index is 0.0587. The van der Waals surface area contributed by atoms with Crippen LogP contribution in [0.5, 0.6) is 0 Å². The molecule has 0 spiro atoms. The minimum Gasteiger partial charge on any atom is -0.394 e. The SMILES string of the molecule is O=C(Cc1ccc(Cl)cc1)N1C[C@H](O)[C@@H](O)[C@H](O)C1CO. The third-order valence-electron chi connectivity index (χ3n) is 3.70. The lowest BCUT2D eigenvalue weighted by atomic mass is 9.93. The van der Waals surface area contributed by atoms with Gasteiger partial charge >= 0.3 is 0 Å². The smallest absolute Gasteiger partial charge is 0.227 e. The van der Waals surface area contributed by atoms with Crippen molar-refractivity contribution in [3.8, 4) is 0 Å². The summed E-state index contributed by atoms with van der Waals surface area (Å²) in [5.41, 5.74) is 0.733. The Hall–Kier alpha value is -1.18. The van der Waals surface area contributed by atoms with Crippen molar-refractivity contribution in [3.05, 3.63) is 34.9 Å². The summed E-state index contributed by atoms with van der Waals surface area (Å²) in [5.74, 6) is -0.346. The van der Waals surface area contributed by atoms with Gasteiger partial charge in [0, 0.05) is 11.6 Å². The Morgan fingerprint density at radius 1 is 1.19 bits per heavy atom. The number of benzene rings is 1. The highest BCUT2D eigenvalue weighted by atomic mass is 35.5. The highest BCUT2D eigenvalue weighted by molar-refractivity contribution is 6.30. The van der Waals surface area contributed by atoms with Crippen molar-refractivity contribution in [2.75, 3.05) is 13.2 Å². The predicted octanol–water partition coefficient (Wildman–Crippen LogP) is -0.832. The number of amides is 1. The quantitative estimate of drug-likeness (QED) is 0.583. The van der Waals surface area contributed by atoms with Crippen LogP contribution in [0.3, 0.4) is 0 Å². The number of aliphatic hydroxyl groups is 4. The van der Waals surface area contributed by atoms with Crippen molar-refractivity contribution in [1.82, 2.24) is 4.90 Å². The number of nitrogens with zero attached hydrogens (tertiary/aromatic N) is 1. The molecule has 1 amide bonds. The van der Waals surface area contributed by atoms with Crippen LogP contribution in [-0.2, 0) is 11.2 Å². The van der Waals surface area contributed by atoms with E-state index in [2.05, 4.69) is 0 Å². The van der Waals surface area contributed by atoms with Crippen molar-refractivity contribution in [3.63, 3.8) is 0 Å². The summed E-state index contributed by atoms with van der Waals surface area (Å²) < 4.78 is 0. The molecule has 1 aliphatic heterocycles. The molecule has 0 aliphatic carbocycles. The molecular weight excluding hydrogens is 298 g/mol. The van der Waals surface area contributed by atoms with Gasteiger partial charge in [0.15, 0.2) is 0 Å². The Morgan fingerprint density at radius 3 is 2.38 bits per heavy atom. The first kappa shape index (κ1) is 16.2.